The zero-order valence-electron chi connectivity index (χ0n) is 15.0. The number of halogens is 2. The number of fused-ring (bicyclic) bond motifs is 1. The summed E-state index contributed by atoms with van der Waals surface area (Å²) in [5.74, 6) is -0.379. The fourth-order valence-electron chi connectivity index (χ4n) is 2.97. The van der Waals surface area contributed by atoms with Crippen molar-refractivity contribution in [1.82, 2.24) is 14.9 Å². The molecule has 1 amide bonds. The fraction of sp³-hybridized carbons (Fsp3) is 0.0476. The number of pyridine rings is 1. The highest BCUT2D eigenvalue weighted by atomic mass is 35.5. The van der Waals surface area contributed by atoms with E-state index in [1.54, 1.807) is 60.8 Å². The molecule has 0 saturated heterocycles. The predicted molar refractivity (Wildman–Crippen MR) is 114 cm³/mol. The maximum atomic E-state index is 12.8. The second kappa shape index (κ2) is 8.03. The molecular formula is C21H14Cl2N4O2. The first-order valence-electron chi connectivity index (χ1n) is 8.69. The molecule has 0 bridgehead atoms. The van der Waals surface area contributed by atoms with Gasteiger partial charge in [-0.3, -0.25) is 9.59 Å². The van der Waals surface area contributed by atoms with E-state index in [1.807, 2.05) is 6.07 Å². The van der Waals surface area contributed by atoms with Gasteiger partial charge < -0.3 is 0 Å². The zero-order valence-corrected chi connectivity index (χ0v) is 16.5. The van der Waals surface area contributed by atoms with E-state index >= 15 is 0 Å². The summed E-state index contributed by atoms with van der Waals surface area (Å²) in [5.41, 5.74) is 4.10. The number of carbonyl (C=O) groups excluding carboxylic acids is 1. The first-order valence-corrected chi connectivity index (χ1v) is 9.45. The smallest absolute Gasteiger partial charge is 0.273 e. The van der Waals surface area contributed by atoms with Crippen molar-refractivity contribution in [2.45, 2.75) is 6.42 Å². The van der Waals surface area contributed by atoms with Crippen LogP contribution < -0.4 is 11.0 Å². The molecule has 0 unspecified atom stereocenters. The lowest BCUT2D eigenvalue weighted by Gasteiger charge is -2.12. The van der Waals surface area contributed by atoms with Gasteiger partial charge in [0.15, 0.2) is 0 Å². The number of nitrogens with one attached hydrogen (secondary N) is 1. The Labute approximate surface area is 175 Å². The van der Waals surface area contributed by atoms with Crippen molar-refractivity contribution in [2.24, 2.45) is 0 Å². The van der Waals surface area contributed by atoms with Gasteiger partial charge in [-0.25, -0.2) is 10.4 Å². The summed E-state index contributed by atoms with van der Waals surface area (Å²) in [4.78, 5) is 30.3. The molecule has 144 valence electrons. The Kier molecular flexibility index (Phi) is 5.29. The van der Waals surface area contributed by atoms with Crippen molar-refractivity contribution in [1.29, 1.82) is 0 Å². The summed E-state index contributed by atoms with van der Waals surface area (Å²) in [7, 11) is 0. The number of hydrogen-bond acceptors (Lipinski definition) is 4. The molecule has 0 atom stereocenters. The number of carbonyl (C=O) groups is 1. The van der Waals surface area contributed by atoms with Crippen LogP contribution in [0.3, 0.4) is 0 Å². The van der Waals surface area contributed by atoms with Gasteiger partial charge in [-0.05, 0) is 35.9 Å². The van der Waals surface area contributed by atoms with E-state index in [4.69, 9.17) is 23.2 Å². The first-order chi connectivity index (χ1) is 14.0. The third-order valence-electron chi connectivity index (χ3n) is 4.31. The van der Waals surface area contributed by atoms with Crippen molar-refractivity contribution in [3.8, 4) is 11.3 Å². The highest BCUT2D eigenvalue weighted by Gasteiger charge is 2.14. The lowest BCUT2D eigenvalue weighted by molar-refractivity contribution is -0.116. The first kappa shape index (κ1) is 19.1. The van der Waals surface area contributed by atoms with Crippen LogP contribution in [-0.4, -0.2) is 20.8 Å². The molecule has 2 heterocycles. The Morgan fingerprint density at radius 1 is 1.00 bits per heavy atom. The molecule has 0 aliphatic carbocycles. The monoisotopic (exact) mass is 424 g/mol. The minimum atomic E-state index is -0.422. The normalized spacial score (nSPS) is 10.8. The molecule has 29 heavy (non-hydrogen) atoms. The van der Waals surface area contributed by atoms with Gasteiger partial charge in [0, 0.05) is 22.2 Å². The van der Waals surface area contributed by atoms with Crippen molar-refractivity contribution in [3.05, 3.63) is 93.0 Å². The van der Waals surface area contributed by atoms with E-state index in [2.05, 4.69) is 15.5 Å². The van der Waals surface area contributed by atoms with Gasteiger partial charge in [-0.1, -0.05) is 53.5 Å². The minimum Gasteiger partial charge on any atom is -0.273 e. The van der Waals surface area contributed by atoms with Crippen LogP contribution in [0.5, 0.6) is 0 Å². The Balaban J connectivity index is 1.74. The molecule has 0 saturated carbocycles. The summed E-state index contributed by atoms with van der Waals surface area (Å²) in [6.45, 7) is 0. The summed E-state index contributed by atoms with van der Waals surface area (Å²) < 4.78 is 0. The largest absolute Gasteiger partial charge is 0.294 e. The van der Waals surface area contributed by atoms with Crippen molar-refractivity contribution >= 4 is 39.9 Å². The standard InChI is InChI=1S/C21H14Cl2N4O2/c22-15-7-5-13(6-8-15)11-19(28)25-27-21(29)17-4-2-1-3-16(17)20(26-27)14-9-10-24-18(23)12-14/h1-10,12H,11H2,(H,25,28). The fourth-order valence-corrected chi connectivity index (χ4v) is 3.27. The van der Waals surface area contributed by atoms with Crippen LogP contribution in [0.2, 0.25) is 10.2 Å². The number of hydrogen-bond donors (Lipinski definition) is 1. The highest BCUT2D eigenvalue weighted by Crippen LogP contribution is 2.25. The summed E-state index contributed by atoms with van der Waals surface area (Å²) in [6.07, 6.45) is 1.64. The molecule has 0 radical (unpaired) electrons. The number of rotatable bonds is 4. The van der Waals surface area contributed by atoms with Gasteiger partial charge in [-0.2, -0.15) is 0 Å². The molecule has 2 aromatic heterocycles. The van der Waals surface area contributed by atoms with Gasteiger partial charge in [-0.15, -0.1) is 9.89 Å². The second-order valence-corrected chi connectivity index (χ2v) is 7.14. The minimum absolute atomic E-state index is 0.0779. The van der Waals surface area contributed by atoms with Crippen LogP contribution >= 0.6 is 23.2 Å². The molecule has 4 aromatic rings. The van der Waals surface area contributed by atoms with E-state index < -0.39 is 5.56 Å². The lowest BCUT2D eigenvalue weighted by Crippen LogP contribution is -2.36. The summed E-state index contributed by atoms with van der Waals surface area (Å²) >= 11 is 11.9. The highest BCUT2D eigenvalue weighted by molar-refractivity contribution is 6.30. The third kappa shape index (κ3) is 4.13. The molecule has 8 heteroatoms. The molecule has 0 fully saturated rings. The van der Waals surface area contributed by atoms with Crippen LogP contribution in [0.1, 0.15) is 5.56 Å². The van der Waals surface area contributed by atoms with Crippen LogP contribution in [0, 0.1) is 0 Å². The number of amides is 1. The molecule has 6 nitrogen and oxygen atoms in total. The second-order valence-electron chi connectivity index (χ2n) is 6.32. The average Bonchev–Trinajstić information content (AvgIpc) is 2.72. The van der Waals surface area contributed by atoms with E-state index in [9.17, 15) is 9.59 Å². The van der Waals surface area contributed by atoms with E-state index in [0.717, 1.165) is 10.4 Å². The van der Waals surface area contributed by atoms with Crippen LogP contribution in [0.15, 0.2) is 71.7 Å². The van der Waals surface area contributed by atoms with Gasteiger partial charge >= 0.3 is 0 Å². The van der Waals surface area contributed by atoms with E-state index in [0.29, 0.717) is 32.2 Å². The average molecular weight is 425 g/mol. The SMILES string of the molecule is O=C(Cc1ccc(Cl)cc1)Nn1nc(-c2ccnc(Cl)c2)c2ccccc2c1=O. The van der Waals surface area contributed by atoms with Crippen LogP contribution in [0.4, 0.5) is 0 Å². The Hall–Kier alpha value is -3.22. The number of nitrogens with zero attached hydrogens (tertiary/aromatic N) is 3. The molecule has 1 N–H and O–H groups in total. The van der Waals surface area contributed by atoms with Crippen LogP contribution in [-0.2, 0) is 11.2 Å². The van der Waals surface area contributed by atoms with Gasteiger partial charge in [0.25, 0.3) is 5.56 Å². The summed E-state index contributed by atoms with van der Waals surface area (Å²) in [5, 5.41) is 6.34. The maximum absolute atomic E-state index is 12.8. The lowest BCUT2D eigenvalue weighted by atomic mass is 10.1. The Bertz CT molecular complexity index is 1270. The molecule has 0 aliphatic rings. The predicted octanol–water partition coefficient (Wildman–Crippen LogP) is 4.08. The zero-order chi connectivity index (χ0) is 20.4. The third-order valence-corrected chi connectivity index (χ3v) is 4.77. The quantitative estimate of drug-likeness (QED) is 0.500. The molecular weight excluding hydrogens is 411 g/mol. The van der Waals surface area contributed by atoms with Gasteiger partial charge in [0.2, 0.25) is 5.91 Å². The Morgan fingerprint density at radius 2 is 1.72 bits per heavy atom. The van der Waals surface area contributed by atoms with Gasteiger partial charge in [0.1, 0.15) is 10.8 Å². The van der Waals surface area contributed by atoms with E-state index in [1.165, 1.54) is 0 Å². The maximum Gasteiger partial charge on any atom is 0.294 e. The van der Waals surface area contributed by atoms with Crippen molar-refractivity contribution in [3.63, 3.8) is 0 Å². The van der Waals surface area contributed by atoms with Gasteiger partial charge in [0.05, 0.1) is 11.8 Å². The van der Waals surface area contributed by atoms with Crippen molar-refractivity contribution in [2.75, 3.05) is 5.43 Å². The molecule has 4 rings (SSSR count). The summed E-state index contributed by atoms with van der Waals surface area (Å²) in [6, 6.07) is 17.4. The van der Waals surface area contributed by atoms with Crippen LogP contribution in [0.25, 0.3) is 22.0 Å². The topological polar surface area (TPSA) is 76.9 Å². The Morgan fingerprint density at radius 3 is 2.45 bits per heavy atom. The van der Waals surface area contributed by atoms with Crippen molar-refractivity contribution < 1.29 is 4.79 Å². The molecule has 0 aliphatic heterocycles. The van der Waals surface area contributed by atoms with E-state index in [-0.39, 0.29) is 12.3 Å². The molecule has 2 aromatic carbocycles. The number of benzene rings is 2. The molecule has 0 spiro atoms. The number of aromatic nitrogens is 3.